The second-order valence-corrected chi connectivity index (χ2v) is 5.43. The number of aromatic nitrogens is 1. The molecule has 0 aliphatic rings. The molecule has 2 aromatic rings. The first-order valence-corrected chi connectivity index (χ1v) is 6.66. The van der Waals surface area contributed by atoms with E-state index in [2.05, 4.69) is 4.98 Å². The molecule has 1 heterocycles. The Bertz CT molecular complexity index is 766. The summed E-state index contributed by atoms with van der Waals surface area (Å²) in [6.07, 6.45) is 1.91. The molecule has 0 aliphatic heterocycles. The van der Waals surface area contributed by atoms with Crippen LogP contribution in [0.5, 0.6) is 0 Å². The summed E-state index contributed by atoms with van der Waals surface area (Å²) in [5, 5.41) is 0. The molecule has 0 bridgehead atoms. The van der Waals surface area contributed by atoms with E-state index in [1.807, 2.05) is 0 Å². The summed E-state index contributed by atoms with van der Waals surface area (Å²) in [7, 11) is -4.52. The Kier molecular flexibility index (Phi) is 3.53. The highest BCUT2D eigenvalue weighted by Crippen LogP contribution is 2.24. The lowest BCUT2D eigenvalue weighted by molar-refractivity contribution is 0.486. The van der Waals surface area contributed by atoms with Crippen molar-refractivity contribution in [1.29, 1.82) is 0 Å². The SMILES string of the molecule is Nc1cc(F)c(F)c(S(=O)(=O)Nc2ccncc2F)c1. The Morgan fingerprint density at radius 2 is 1.85 bits per heavy atom. The zero-order chi connectivity index (χ0) is 14.9. The largest absolute Gasteiger partial charge is 0.399 e. The first kappa shape index (κ1) is 14.1. The molecule has 0 spiro atoms. The van der Waals surface area contributed by atoms with Gasteiger partial charge in [-0.05, 0) is 18.2 Å². The van der Waals surface area contributed by atoms with Crippen molar-refractivity contribution in [2.24, 2.45) is 0 Å². The lowest BCUT2D eigenvalue weighted by Gasteiger charge is -2.10. The van der Waals surface area contributed by atoms with Gasteiger partial charge >= 0.3 is 0 Å². The van der Waals surface area contributed by atoms with E-state index in [0.717, 1.165) is 24.5 Å². The van der Waals surface area contributed by atoms with Crippen molar-refractivity contribution >= 4 is 21.4 Å². The van der Waals surface area contributed by atoms with Gasteiger partial charge in [0.15, 0.2) is 17.5 Å². The first-order valence-electron chi connectivity index (χ1n) is 5.18. The molecule has 0 atom stereocenters. The number of hydrogen-bond donors (Lipinski definition) is 2. The Balaban J connectivity index is 2.49. The Morgan fingerprint density at radius 1 is 1.15 bits per heavy atom. The molecule has 0 radical (unpaired) electrons. The molecular weight excluding hydrogens is 295 g/mol. The third-order valence-electron chi connectivity index (χ3n) is 2.32. The molecule has 1 aromatic heterocycles. The van der Waals surface area contributed by atoms with Gasteiger partial charge in [0.25, 0.3) is 10.0 Å². The maximum Gasteiger partial charge on any atom is 0.265 e. The minimum Gasteiger partial charge on any atom is -0.399 e. The fourth-order valence-corrected chi connectivity index (χ4v) is 2.63. The fourth-order valence-electron chi connectivity index (χ4n) is 1.44. The lowest BCUT2D eigenvalue weighted by atomic mass is 10.3. The molecule has 3 N–H and O–H groups in total. The number of nitrogens with two attached hydrogens (primary N) is 1. The minimum absolute atomic E-state index is 0.278. The van der Waals surface area contributed by atoms with Crippen molar-refractivity contribution in [2.75, 3.05) is 10.5 Å². The van der Waals surface area contributed by atoms with E-state index in [-0.39, 0.29) is 5.69 Å². The van der Waals surface area contributed by atoms with E-state index < -0.39 is 38.1 Å². The van der Waals surface area contributed by atoms with Crippen LogP contribution in [-0.2, 0) is 10.0 Å². The zero-order valence-corrected chi connectivity index (χ0v) is 10.6. The van der Waals surface area contributed by atoms with E-state index in [1.54, 1.807) is 4.72 Å². The number of nitrogens with zero attached hydrogens (tertiary/aromatic N) is 1. The van der Waals surface area contributed by atoms with Gasteiger partial charge in [0.05, 0.1) is 11.9 Å². The maximum absolute atomic E-state index is 13.5. The summed E-state index contributed by atoms with van der Waals surface area (Å²) >= 11 is 0. The van der Waals surface area contributed by atoms with Crippen molar-refractivity contribution < 1.29 is 21.6 Å². The van der Waals surface area contributed by atoms with Gasteiger partial charge in [-0.25, -0.2) is 21.6 Å². The monoisotopic (exact) mass is 303 g/mol. The third kappa shape index (κ3) is 2.67. The van der Waals surface area contributed by atoms with E-state index in [4.69, 9.17) is 5.73 Å². The quantitative estimate of drug-likeness (QED) is 0.848. The highest BCUT2D eigenvalue weighted by Gasteiger charge is 2.23. The van der Waals surface area contributed by atoms with Gasteiger partial charge < -0.3 is 5.73 Å². The average Bonchev–Trinajstić information content (AvgIpc) is 2.36. The Hall–Kier alpha value is -2.29. The van der Waals surface area contributed by atoms with Gasteiger partial charge in [-0.1, -0.05) is 0 Å². The van der Waals surface area contributed by atoms with E-state index in [1.165, 1.54) is 0 Å². The van der Waals surface area contributed by atoms with Gasteiger partial charge in [0, 0.05) is 11.9 Å². The van der Waals surface area contributed by atoms with Crippen molar-refractivity contribution in [2.45, 2.75) is 4.90 Å². The van der Waals surface area contributed by atoms with E-state index in [0.29, 0.717) is 6.07 Å². The molecule has 20 heavy (non-hydrogen) atoms. The highest BCUT2D eigenvalue weighted by molar-refractivity contribution is 7.92. The predicted octanol–water partition coefficient (Wildman–Crippen LogP) is 1.88. The van der Waals surface area contributed by atoms with Crippen molar-refractivity contribution in [1.82, 2.24) is 4.98 Å². The molecule has 0 aliphatic carbocycles. The van der Waals surface area contributed by atoms with Crippen molar-refractivity contribution in [3.63, 3.8) is 0 Å². The standard InChI is InChI=1S/C11H8F3N3O2S/c12-7-3-6(15)4-10(11(7)14)20(18,19)17-9-1-2-16-5-8(9)13/h1-5H,15H2,(H,16,17). The number of rotatable bonds is 3. The number of halogens is 3. The smallest absolute Gasteiger partial charge is 0.265 e. The van der Waals surface area contributed by atoms with Crippen LogP contribution < -0.4 is 10.5 Å². The fraction of sp³-hybridized carbons (Fsp3) is 0. The van der Waals surface area contributed by atoms with Crippen LogP contribution in [0.2, 0.25) is 0 Å². The van der Waals surface area contributed by atoms with Crippen LogP contribution in [-0.4, -0.2) is 13.4 Å². The molecule has 0 saturated heterocycles. The average molecular weight is 303 g/mol. The summed E-state index contributed by atoms with van der Waals surface area (Å²) in [6, 6.07) is 2.41. The maximum atomic E-state index is 13.5. The summed E-state index contributed by atoms with van der Waals surface area (Å²) in [5.41, 5.74) is 4.54. The van der Waals surface area contributed by atoms with E-state index in [9.17, 15) is 21.6 Å². The molecule has 0 saturated carbocycles. The third-order valence-corrected chi connectivity index (χ3v) is 3.69. The van der Waals surface area contributed by atoms with Crippen LogP contribution in [0.25, 0.3) is 0 Å². The Labute approximate surface area is 112 Å². The van der Waals surface area contributed by atoms with Crippen molar-refractivity contribution in [3.05, 3.63) is 48.0 Å². The summed E-state index contributed by atoms with van der Waals surface area (Å²) in [5.74, 6) is -3.97. The number of nitrogen functional groups attached to an aromatic ring is 1. The van der Waals surface area contributed by atoms with Crippen LogP contribution in [0.1, 0.15) is 0 Å². The summed E-state index contributed by atoms with van der Waals surface area (Å²) in [6.45, 7) is 0. The van der Waals surface area contributed by atoms with Gasteiger partial charge in [-0.15, -0.1) is 0 Å². The predicted molar refractivity (Wildman–Crippen MR) is 65.8 cm³/mol. The minimum atomic E-state index is -4.52. The molecule has 9 heteroatoms. The molecule has 1 aromatic carbocycles. The van der Waals surface area contributed by atoms with Gasteiger partial charge in [-0.3, -0.25) is 9.71 Å². The molecule has 0 unspecified atom stereocenters. The van der Waals surface area contributed by atoms with Crippen LogP contribution >= 0.6 is 0 Å². The second-order valence-electron chi connectivity index (χ2n) is 3.78. The first-order chi connectivity index (χ1) is 9.31. The Morgan fingerprint density at radius 3 is 2.50 bits per heavy atom. The number of nitrogens with one attached hydrogen (secondary N) is 1. The van der Waals surface area contributed by atoms with E-state index >= 15 is 0 Å². The van der Waals surface area contributed by atoms with Gasteiger partial charge in [-0.2, -0.15) is 0 Å². The normalized spacial score (nSPS) is 11.3. The second kappa shape index (κ2) is 5.00. The highest BCUT2D eigenvalue weighted by atomic mass is 32.2. The summed E-state index contributed by atoms with van der Waals surface area (Å²) in [4.78, 5) is 2.42. The van der Waals surface area contributed by atoms with Crippen LogP contribution in [0.15, 0.2) is 35.5 Å². The van der Waals surface area contributed by atoms with Gasteiger partial charge in [0.2, 0.25) is 0 Å². The molecule has 2 rings (SSSR count). The molecule has 106 valence electrons. The van der Waals surface area contributed by atoms with Crippen molar-refractivity contribution in [3.8, 4) is 0 Å². The van der Waals surface area contributed by atoms with Gasteiger partial charge in [0.1, 0.15) is 4.90 Å². The number of benzene rings is 1. The zero-order valence-electron chi connectivity index (χ0n) is 9.77. The number of anilines is 2. The van der Waals surface area contributed by atoms with Crippen LogP contribution in [0.4, 0.5) is 24.5 Å². The number of sulfonamides is 1. The topological polar surface area (TPSA) is 85.1 Å². The molecule has 0 fully saturated rings. The molecule has 0 amide bonds. The van der Waals surface area contributed by atoms with Crippen LogP contribution in [0.3, 0.4) is 0 Å². The lowest BCUT2D eigenvalue weighted by Crippen LogP contribution is -2.16. The molecule has 5 nitrogen and oxygen atoms in total. The molecular formula is C11H8F3N3O2S. The number of pyridine rings is 1. The van der Waals surface area contributed by atoms with Crippen LogP contribution in [0, 0.1) is 17.5 Å². The number of hydrogen-bond acceptors (Lipinski definition) is 4. The summed E-state index contributed by atoms with van der Waals surface area (Å²) < 4.78 is 65.6.